The van der Waals surface area contributed by atoms with E-state index in [0.717, 1.165) is 75.8 Å². The van der Waals surface area contributed by atoms with Crippen molar-refractivity contribution in [3.8, 4) is 5.75 Å². The molecule has 0 bridgehead atoms. The van der Waals surface area contributed by atoms with Gasteiger partial charge in [0, 0.05) is 19.0 Å². The van der Waals surface area contributed by atoms with E-state index in [1.165, 1.54) is 27.8 Å². The van der Waals surface area contributed by atoms with Crippen molar-refractivity contribution in [3.05, 3.63) is 136 Å². The number of hydrogen-bond donors (Lipinski definition) is 0. The fraction of sp³-hybridized carbons (Fsp3) is 0.395. The quantitative estimate of drug-likeness (QED) is 0.0784. The van der Waals surface area contributed by atoms with Gasteiger partial charge in [-0.15, -0.1) is 0 Å². The van der Waals surface area contributed by atoms with E-state index in [4.69, 9.17) is 14.2 Å². The lowest BCUT2D eigenvalue weighted by molar-refractivity contribution is -0.143. The minimum atomic E-state index is -0.265. The van der Waals surface area contributed by atoms with Crippen LogP contribution in [0.5, 0.6) is 5.75 Å². The number of ether oxygens (including phenoxy) is 3. The normalized spacial score (nSPS) is 13.9. The van der Waals surface area contributed by atoms with Gasteiger partial charge in [0.05, 0.1) is 18.8 Å². The van der Waals surface area contributed by atoms with Gasteiger partial charge >= 0.3 is 11.9 Å². The van der Waals surface area contributed by atoms with Gasteiger partial charge in [-0.25, -0.2) is 4.79 Å². The zero-order valence-corrected chi connectivity index (χ0v) is 29.2. The van der Waals surface area contributed by atoms with Crippen molar-refractivity contribution in [2.24, 2.45) is 0 Å². The third kappa shape index (κ3) is 10.8. The van der Waals surface area contributed by atoms with Gasteiger partial charge in [-0.2, -0.15) is 0 Å². The molecule has 1 aliphatic carbocycles. The molecule has 0 amide bonds. The Hall–Kier alpha value is -4.42. The summed E-state index contributed by atoms with van der Waals surface area (Å²) in [5.74, 6) is 0.524. The van der Waals surface area contributed by atoms with Crippen LogP contribution in [0.4, 0.5) is 0 Å². The molecule has 0 saturated carbocycles. The molecule has 0 spiro atoms. The molecule has 6 nitrogen and oxygen atoms in total. The lowest BCUT2D eigenvalue weighted by atomic mass is 9.85. The fourth-order valence-corrected chi connectivity index (χ4v) is 6.76. The summed E-state index contributed by atoms with van der Waals surface area (Å²) in [4.78, 5) is 27.0. The standard InChI is InChI=1S/C43H51NO5/c1-3-47-42(45)19-10-11-29-44(40-17-12-16-37-31-38(26-27-39(37)40)43(46)48-4-2)30-28-36-15-8-9-18-41(36)49-32-35-24-22-34(23-25-35)21-20-33-13-6-5-7-14-33/h5-9,13-15,18,22-27,31,40H,3-4,10-12,16-17,19-21,28-30,32H2,1-2H3. The van der Waals surface area contributed by atoms with Crippen LogP contribution in [0.3, 0.4) is 0 Å². The van der Waals surface area contributed by atoms with E-state index < -0.39 is 0 Å². The SMILES string of the molecule is CCOC(=O)CCCCN(CCc1ccccc1OCc1ccc(CCc2ccccc2)cc1)C1CCCc2cc(C(=O)OCC)ccc21. The van der Waals surface area contributed by atoms with Crippen LogP contribution in [0.2, 0.25) is 0 Å². The van der Waals surface area contributed by atoms with Crippen LogP contribution in [0.15, 0.2) is 97.1 Å². The first-order valence-electron chi connectivity index (χ1n) is 18.1. The van der Waals surface area contributed by atoms with Crippen molar-refractivity contribution in [2.45, 2.75) is 84.3 Å². The van der Waals surface area contributed by atoms with Gasteiger partial charge in [0.2, 0.25) is 0 Å². The molecule has 0 N–H and O–H groups in total. The summed E-state index contributed by atoms with van der Waals surface area (Å²) in [6, 6.07) is 34.1. The first-order chi connectivity index (χ1) is 24.0. The van der Waals surface area contributed by atoms with Crippen LogP contribution in [-0.4, -0.2) is 43.1 Å². The molecule has 1 unspecified atom stereocenters. The number of carbonyl (C=O) groups is 2. The molecule has 0 saturated heterocycles. The Balaban J connectivity index is 1.23. The van der Waals surface area contributed by atoms with Crippen molar-refractivity contribution >= 4 is 11.9 Å². The minimum absolute atomic E-state index is 0.128. The Morgan fingerprint density at radius 2 is 1.45 bits per heavy atom. The van der Waals surface area contributed by atoms with Gasteiger partial charge in [0.1, 0.15) is 12.4 Å². The Morgan fingerprint density at radius 3 is 2.22 bits per heavy atom. The maximum Gasteiger partial charge on any atom is 0.338 e. The number of benzene rings is 4. The molecule has 1 atom stereocenters. The topological polar surface area (TPSA) is 65.1 Å². The summed E-state index contributed by atoms with van der Waals surface area (Å²) in [6.07, 6.45) is 8.12. The van der Waals surface area contributed by atoms with Crippen molar-refractivity contribution in [2.75, 3.05) is 26.3 Å². The lowest BCUT2D eigenvalue weighted by Crippen LogP contribution is -2.34. The van der Waals surface area contributed by atoms with Gasteiger partial charge in [0.25, 0.3) is 0 Å². The maximum absolute atomic E-state index is 12.5. The number of nitrogens with zero attached hydrogens (tertiary/aromatic N) is 1. The van der Waals surface area contributed by atoms with Gasteiger partial charge in [-0.3, -0.25) is 9.69 Å². The number of unbranched alkanes of at least 4 members (excludes halogenated alkanes) is 1. The van der Waals surface area contributed by atoms with E-state index in [-0.39, 0.29) is 18.0 Å². The van der Waals surface area contributed by atoms with Crippen molar-refractivity contribution in [3.63, 3.8) is 0 Å². The number of para-hydroxylation sites is 1. The molecule has 258 valence electrons. The fourth-order valence-electron chi connectivity index (χ4n) is 6.76. The number of carbonyl (C=O) groups excluding carboxylic acids is 2. The number of esters is 2. The summed E-state index contributed by atoms with van der Waals surface area (Å²) in [7, 11) is 0. The van der Waals surface area contributed by atoms with E-state index in [9.17, 15) is 9.59 Å². The van der Waals surface area contributed by atoms with E-state index in [1.54, 1.807) is 0 Å². The van der Waals surface area contributed by atoms with E-state index in [2.05, 4.69) is 83.8 Å². The molecule has 0 radical (unpaired) electrons. The second-order valence-corrected chi connectivity index (χ2v) is 12.8. The van der Waals surface area contributed by atoms with E-state index in [0.29, 0.717) is 31.8 Å². The van der Waals surface area contributed by atoms with Crippen molar-refractivity contribution < 1.29 is 23.8 Å². The van der Waals surface area contributed by atoms with Gasteiger partial charge in [-0.1, -0.05) is 78.9 Å². The Bertz CT molecular complexity index is 1620. The van der Waals surface area contributed by atoms with E-state index >= 15 is 0 Å². The lowest BCUT2D eigenvalue weighted by Gasteiger charge is -2.36. The Labute approximate surface area is 292 Å². The van der Waals surface area contributed by atoms with Gasteiger partial charge in [-0.05, 0) is 123 Å². The number of fused-ring (bicyclic) bond motifs is 1. The molecule has 1 aliphatic rings. The Kier molecular flexibility index (Phi) is 13.9. The minimum Gasteiger partial charge on any atom is -0.489 e. The summed E-state index contributed by atoms with van der Waals surface area (Å²) in [5, 5.41) is 0. The molecule has 4 aromatic carbocycles. The van der Waals surface area contributed by atoms with Crippen LogP contribution in [0.25, 0.3) is 0 Å². The second-order valence-electron chi connectivity index (χ2n) is 12.8. The summed E-state index contributed by atoms with van der Waals surface area (Å²) >= 11 is 0. The van der Waals surface area contributed by atoms with Crippen molar-refractivity contribution in [1.82, 2.24) is 4.90 Å². The summed E-state index contributed by atoms with van der Waals surface area (Å²) in [6.45, 7) is 6.72. The van der Waals surface area contributed by atoms with Gasteiger partial charge < -0.3 is 14.2 Å². The molecule has 0 aliphatic heterocycles. The zero-order valence-electron chi connectivity index (χ0n) is 29.2. The third-order valence-corrected chi connectivity index (χ3v) is 9.36. The Morgan fingerprint density at radius 1 is 0.735 bits per heavy atom. The highest BCUT2D eigenvalue weighted by molar-refractivity contribution is 5.89. The molecule has 6 heteroatoms. The monoisotopic (exact) mass is 661 g/mol. The zero-order chi connectivity index (χ0) is 34.3. The van der Waals surface area contributed by atoms with Gasteiger partial charge in [0.15, 0.2) is 0 Å². The highest BCUT2D eigenvalue weighted by Crippen LogP contribution is 2.36. The summed E-state index contributed by atoms with van der Waals surface area (Å²) in [5.41, 5.74) is 8.17. The molecule has 0 heterocycles. The average molecular weight is 662 g/mol. The number of hydrogen-bond acceptors (Lipinski definition) is 6. The number of rotatable bonds is 18. The average Bonchev–Trinajstić information content (AvgIpc) is 3.14. The first-order valence-corrected chi connectivity index (χ1v) is 18.1. The van der Waals surface area contributed by atoms with Crippen LogP contribution in [0.1, 0.15) is 95.7 Å². The van der Waals surface area contributed by atoms with Crippen LogP contribution < -0.4 is 4.74 Å². The predicted octanol–water partition coefficient (Wildman–Crippen LogP) is 8.88. The van der Waals surface area contributed by atoms with Crippen LogP contribution in [0, 0.1) is 0 Å². The van der Waals surface area contributed by atoms with Crippen LogP contribution >= 0.6 is 0 Å². The summed E-state index contributed by atoms with van der Waals surface area (Å²) < 4.78 is 16.9. The molecule has 0 fully saturated rings. The van der Waals surface area contributed by atoms with Crippen molar-refractivity contribution in [1.29, 1.82) is 0 Å². The smallest absolute Gasteiger partial charge is 0.338 e. The highest BCUT2D eigenvalue weighted by Gasteiger charge is 2.27. The maximum atomic E-state index is 12.5. The second kappa shape index (κ2) is 18.9. The molecular formula is C43H51NO5. The molecule has 0 aromatic heterocycles. The highest BCUT2D eigenvalue weighted by atomic mass is 16.5. The molecular weight excluding hydrogens is 610 g/mol. The number of aryl methyl sites for hydroxylation is 3. The van der Waals surface area contributed by atoms with Crippen LogP contribution in [-0.2, 0) is 46.6 Å². The van der Waals surface area contributed by atoms with E-state index in [1.807, 2.05) is 32.0 Å². The molecule has 49 heavy (non-hydrogen) atoms. The molecule has 5 rings (SSSR count). The predicted molar refractivity (Wildman–Crippen MR) is 195 cm³/mol. The largest absolute Gasteiger partial charge is 0.489 e. The molecule has 4 aromatic rings. The third-order valence-electron chi connectivity index (χ3n) is 9.36. The first kappa shape index (κ1) is 35.9.